The average Bonchev–Trinajstić information content (AvgIpc) is 2.45. The molecule has 1 aromatic rings. The Balaban J connectivity index is 2.29. The quantitative estimate of drug-likeness (QED) is 0.647. The molecule has 102 valence electrons. The molecule has 0 heterocycles. The maximum absolute atomic E-state index is 14.1. The van der Waals surface area contributed by atoms with Crippen molar-refractivity contribution in [1.82, 2.24) is 0 Å². The normalized spacial score (nSPS) is 19.1. The number of rotatable bonds is 4. The Kier molecular flexibility index (Phi) is 4.52. The van der Waals surface area contributed by atoms with Gasteiger partial charge in [-0.05, 0) is 42.7 Å². The second-order valence-electron chi connectivity index (χ2n) is 5.15. The smallest absolute Gasteiger partial charge is 0.166 e. The molecule has 1 unspecified atom stereocenters. The van der Waals surface area contributed by atoms with Gasteiger partial charge in [0.15, 0.2) is 11.6 Å². The molecule has 0 spiro atoms. The Morgan fingerprint density at radius 2 is 2.11 bits per heavy atom. The molecule has 0 amide bonds. The summed E-state index contributed by atoms with van der Waals surface area (Å²) >= 11 is 0. The molecule has 0 aliphatic heterocycles. The zero-order valence-corrected chi connectivity index (χ0v) is 11.4. The molecule has 1 atom stereocenters. The van der Waals surface area contributed by atoms with Gasteiger partial charge in [-0.3, -0.25) is 0 Å². The van der Waals surface area contributed by atoms with Crippen molar-refractivity contribution in [2.24, 2.45) is 5.92 Å². The molecule has 0 N–H and O–H groups in total. The minimum Gasteiger partial charge on any atom is -0.203 e. The Bertz CT molecular complexity index is 500. The van der Waals surface area contributed by atoms with Crippen LogP contribution in [0.4, 0.5) is 8.78 Å². The van der Waals surface area contributed by atoms with E-state index in [9.17, 15) is 8.78 Å². The molecule has 0 aromatic heterocycles. The monoisotopic (exact) mass is 262 g/mol. The van der Waals surface area contributed by atoms with Crippen molar-refractivity contribution in [3.8, 4) is 0 Å². The molecule has 1 aliphatic rings. The summed E-state index contributed by atoms with van der Waals surface area (Å²) in [5, 5.41) is 0. The van der Waals surface area contributed by atoms with E-state index in [2.05, 4.69) is 6.58 Å². The highest BCUT2D eigenvalue weighted by molar-refractivity contribution is 5.67. The van der Waals surface area contributed by atoms with Gasteiger partial charge in [0, 0.05) is 5.56 Å². The molecular weight excluding hydrogens is 242 g/mol. The summed E-state index contributed by atoms with van der Waals surface area (Å²) < 4.78 is 28.0. The van der Waals surface area contributed by atoms with Crippen molar-refractivity contribution < 1.29 is 8.78 Å². The van der Waals surface area contributed by atoms with E-state index < -0.39 is 11.6 Å². The Hall–Kier alpha value is -1.44. The van der Waals surface area contributed by atoms with Gasteiger partial charge < -0.3 is 0 Å². The lowest BCUT2D eigenvalue weighted by atomic mass is 9.86. The van der Waals surface area contributed by atoms with Gasteiger partial charge in [0.2, 0.25) is 0 Å². The van der Waals surface area contributed by atoms with Crippen LogP contribution < -0.4 is 0 Å². The molecule has 2 heteroatoms. The molecule has 1 aromatic carbocycles. The molecule has 0 fully saturated rings. The number of allylic oxidation sites excluding steroid dienone is 3. The van der Waals surface area contributed by atoms with E-state index in [4.69, 9.17) is 0 Å². The van der Waals surface area contributed by atoms with Crippen molar-refractivity contribution >= 4 is 5.57 Å². The predicted molar refractivity (Wildman–Crippen MR) is 75.9 cm³/mol. The SMILES string of the molecule is C=CC1CC=C(c2ccc(CCC)c(F)c2F)CC1. The Morgan fingerprint density at radius 3 is 2.68 bits per heavy atom. The summed E-state index contributed by atoms with van der Waals surface area (Å²) in [5.41, 5.74) is 1.83. The van der Waals surface area contributed by atoms with Crippen LogP contribution in [0.15, 0.2) is 30.9 Å². The van der Waals surface area contributed by atoms with Crippen molar-refractivity contribution in [3.63, 3.8) is 0 Å². The minimum atomic E-state index is -0.686. The minimum absolute atomic E-state index is 0.430. The van der Waals surface area contributed by atoms with E-state index in [-0.39, 0.29) is 0 Å². The van der Waals surface area contributed by atoms with Crippen LogP contribution in [0.5, 0.6) is 0 Å². The fraction of sp³-hybridized carbons (Fsp3) is 0.412. The van der Waals surface area contributed by atoms with Crippen LogP contribution in [0.2, 0.25) is 0 Å². The third-order valence-corrected chi connectivity index (χ3v) is 3.81. The summed E-state index contributed by atoms with van der Waals surface area (Å²) in [4.78, 5) is 0. The van der Waals surface area contributed by atoms with Crippen molar-refractivity contribution in [1.29, 1.82) is 0 Å². The van der Waals surface area contributed by atoms with Gasteiger partial charge >= 0.3 is 0 Å². The fourth-order valence-electron chi connectivity index (χ4n) is 2.61. The van der Waals surface area contributed by atoms with Crippen LogP contribution in [0.1, 0.15) is 43.7 Å². The first-order valence-electron chi connectivity index (χ1n) is 6.96. The van der Waals surface area contributed by atoms with E-state index in [1.807, 2.05) is 19.1 Å². The molecule has 19 heavy (non-hydrogen) atoms. The molecule has 1 aliphatic carbocycles. The van der Waals surface area contributed by atoms with Gasteiger partial charge in [0.1, 0.15) is 0 Å². The van der Waals surface area contributed by atoms with Crippen molar-refractivity contribution in [3.05, 3.63) is 53.6 Å². The third kappa shape index (κ3) is 2.94. The zero-order chi connectivity index (χ0) is 13.8. The molecule has 0 saturated heterocycles. The zero-order valence-electron chi connectivity index (χ0n) is 11.4. The number of halogens is 2. The maximum atomic E-state index is 14.1. The third-order valence-electron chi connectivity index (χ3n) is 3.81. The largest absolute Gasteiger partial charge is 0.203 e. The van der Waals surface area contributed by atoms with Crippen LogP contribution in [0.25, 0.3) is 5.57 Å². The summed E-state index contributed by atoms with van der Waals surface area (Å²) in [5.74, 6) is -0.892. The lowest BCUT2D eigenvalue weighted by molar-refractivity contribution is 0.494. The number of aryl methyl sites for hydroxylation is 1. The highest BCUT2D eigenvalue weighted by Crippen LogP contribution is 2.33. The fourth-order valence-corrected chi connectivity index (χ4v) is 2.61. The predicted octanol–water partition coefficient (Wildman–Crippen LogP) is 5.29. The lowest BCUT2D eigenvalue weighted by Gasteiger charge is -2.20. The van der Waals surface area contributed by atoms with Gasteiger partial charge in [-0.2, -0.15) is 0 Å². The van der Waals surface area contributed by atoms with Gasteiger partial charge in [-0.25, -0.2) is 8.78 Å². The highest BCUT2D eigenvalue weighted by atomic mass is 19.2. The van der Waals surface area contributed by atoms with Crippen LogP contribution in [-0.4, -0.2) is 0 Å². The molecule has 0 saturated carbocycles. The summed E-state index contributed by atoms with van der Waals surface area (Å²) in [6.45, 7) is 5.75. The molecule has 2 rings (SSSR count). The van der Waals surface area contributed by atoms with Crippen molar-refractivity contribution in [2.45, 2.75) is 39.0 Å². The highest BCUT2D eigenvalue weighted by Gasteiger charge is 2.19. The molecule has 0 bridgehead atoms. The first-order chi connectivity index (χ1) is 9.17. The maximum Gasteiger partial charge on any atom is 0.166 e. The van der Waals surface area contributed by atoms with E-state index in [1.54, 1.807) is 12.1 Å². The second kappa shape index (κ2) is 6.14. The van der Waals surface area contributed by atoms with Gasteiger partial charge in [0.05, 0.1) is 0 Å². The Labute approximate surface area is 113 Å². The number of hydrogen-bond donors (Lipinski definition) is 0. The topological polar surface area (TPSA) is 0 Å². The van der Waals surface area contributed by atoms with Crippen molar-refractivity contribution in [2.75, 3.05) is 0 Å². The first-order valence-corrected chi connectivity index (χ1v) is 6.96. The molecule has 0 radical (unpaired) electrons. The van der Waals surface area contributed by atoms with E-state index >= 15 is 0 Å². The van der Waals surface area contributed by atoms with Crippen LogP contribution >= 0.6 is 0 Å². The van der Waals surface area contributed by atoms with Crippen LogP contribution in [-0.2, 0) is 6.42 Å². The summed E-state index contributed by atoms with van der Waals surface area (Å²) in [7, 11) is 0. The van der Waals surface area contributed by atoms with Gasteiger partial charge in [0.25, 0.3) is 0 Å². The second-order valence-corrected chi connectivity index (χ2v) is 5.15. The standard InChI is InChI=1S/C17H20F2/c1-3-5-14-10-11-15(17(19)16(14)18)13-8-6-12(4-2)7-9-13/h4,8,10-12H,2-3,5-7,9H2,1H3. The van der Waals surface area contributed by atoms with Crippen LogP contribution in [0.3, 0.4) is 0 Å². The summed E-state index contributed by atoms with van der Waals surface area (Å²) in [6, 6.07) is 3.45. The van der Waals surface area contributed by atoms with Crippen LogP contribution in [0, 0.1) is 17.6 Å². The molecular formula is C17H20F2. The summed E-state index contributed by atoms with van der Waals surface area (Å²) in [6.07, 6.45) is 7.99. The van der Waals surface area contributed by atoms with Gasteiger partial charge in [-0.15, -0.1) is 6.58 Å². The lowest BCUT2D eigenvalue weighted by Crippen LogP contribution is -2.05. The first kappa shape index (κ1) is 14.0. The number of hydrogen-bond acceptors (Lipinski definition) is 0. The molecule has 0 nitrogen and oxygen atoms in total. The van der Waals surface area contributed by atoms with E-state index in [0.29, 0.717) is 23.5 Å². The average molecular weight is 262 g/mol. The van der Waals surface area contributed by atoms with Gasteiger partial charge in [-0.1, -0.05) is 37.6 Å². The Morgan fingerprint density at radius 1 is 1.32 bits per heavy atom. The van der Waals surface area contributed by atoms with E-state index in [0.717, 1.165) is 31.3 Å². The number of benzene rings is 1. The van der Waals surface area contributed by atoms with E-state index in [1.165, 1.54) is 0 Å².